The molecule has 0 amide bonds. The Labute approximate surface area is 73.2 Å². The van der Waals surface area contributed by atoms with E-state index in [4.69, 9.17) is 0 Å². The summed E-state index contributed by atoms with van der Waals surface area (Å²) in [6.45, 7) is 6.22. The van der Waals surface area contributed by atoms with E-state index in [0.717, 1.165) is 0 Å². The van der Waals surface area contributed by atoms with Crippen LogP contribution in [0.5, 0.6) is 0 Å². The smallest absolute Gasteiger partial charge is 0.0979 e. The Morgan fingerprint density at radius 1 is 1.20 bits per heavy atom. The number of thiol groups is 2. The van der Waals surface area contributed by atoms with Crippen molar-refractivity contribution in [2.24, 2.45) is 0 Å². The third kappa shape index (κ3) is 1.04. The summed E-state index contributed by atoms with van der Waals surface area (Å²) in [7, 11) is 0. The van der Waals surface area contributed by atoms with Crippen LogP contribution in [0.2, 0.25) is 0 Å². The van der Waals surface area contributed by atoms with Crippen LogP contribution in [-0.4, -0.2) is 4.08 Å². The van der Waals surface area contributed by atoms with Gasteiger partial charge in [-0.3, -0.25) is 0 Å². The number of hydrogen-bond donors (Lipinski definition) is 2. The maximum Gasteiger partial charge on any atom is 0.0979 e. The lowest BCUT2D eigenvalue weighted by Gasteiger charge is -2.20. The number of hydrogen-bond acceptors (Lipinski definition) is 2. The van der Waals surface area contributed by atoms with Crippen LogP contribution in [0.1, 0.15) is 20.8 Å². The summed E-state index contributed by atoms with van der Waals surface area (Å²) in [6, 6.07) is 0. The summed E-state index contributed by atoms with van der Waals surface area (Å²) in [6.07, 6.45) is 2.13. The molecule has 0 heterocycles. The van der Waals surface area contributed by atoms with Gasteiger partial charge >= 0.3 is 0 Å². The zero-order chi connectivity index (χ0) is 7.94. The SMILES string of the molecule is CC1=CC(C)=C(C)C1(S)S. The first-order chi connectivity index (χ1) is 4.46. The first kappa shape index (κ1) is 8.28. The maximum atomic E-state index is 4.44. The number of allylic oxidation sites excluding steroid dienone is 2. The van der Waals surface area contributed by atoms with Gasteiger partial charge in [0.15, 0.2) is 0 Å². The Morgan fingerprint density at radius 3 is 1.80 bits per heavy atom. The van der Waals surface area contributed by atoms with Crippen molar-refractivity contribution in [1.82, 2.24) is 0 Å². The van der Waals surface area contributed by atoms with Gasteiger partial charge in [-0.2, -0.15) is 25.3 Å². The van der Waals surface area contributed by atoms with Crippen molar-refractivity contribution in [2.45, 2.75) is 24.9 Å². The molecule has 0 bridgehead atoms. The highest BCUT2D eigenvalue weighted by Crippen LogP contribution is 2.42. The predicted molar refractivity (Wildman–Crippen MR) is 52.8 cm³/mol. The van der Waals surface area contributed by atoms with Crippen LogP contribution >= 0.6 is 25.3 Å². The third-order valence-electron chi connectivity index (χ3n) is 2.10. The predicted octanol–water partition coefficient (Wildman–Crippen LogP) is 2.84. The van der Waals surface area contributed by atoms with Crippen LogP contribution < -0.4 is 0 Å². The van der Waals surface area contributed by atoms with E-state index in [-0.39, 0.29) is 4.08 Å². The lowest BCUT2D eigenvalue weighted by atomic mass is 10.1. The van der Waals surface area contributed by atoms with E-state index in [1.54, 1.807) is 0 Å². The Bertz CT molecular complexity index is 221. The minimum absolute atomic E-state index is 0.288. The summed E-state index contributed by atoms with van der Waals surface area (Å²) in [4.78, 5) is 0. The normalized spacial score (nSPS) is 23.5. The second-order valence-electron chi connectivity index (χ2n) is 2.81. The van der Waals surface area contributed by atoms with Gasteiger partial charge in [0, 0.05) is 0 Å². The molecule has 0 radical (unpaired) electrons. The van der Waals surface area contributed by atoms with E-state index in [9.17, 15) is 0 Å². The average molecular weight is 172 g/mol. The second-order valence-corrected chi connectivity index (χ2v) is 4.50. The Hall–Kier alpha value is 0.180. The van der Waals surface area contributed by atoms with Crippen molar-refractivity contribution in [3.05, 3.63) is 22.8 Å². The standard InChI is InChI=1S/C8H12S2/c1-5-4-6(2)8(9,10)7(5)3/h4,9-10H,1-3H3. The molecule has 0 nitrogen and oxygen atoms in total. The van der Waals surface area contributed by atoms with Crippen molar-refractivity contribution in [3.63, 3.8) is 0 Å². The molecular formula is C8H12S2. The van der Waals surface area contributed by atoms with Crippen molar-refractivity contribution < 1.29 is 0 Å². The van der Waals surface area contributed by atoms with Gasteiger partial charge in [-0.15, -0.1) is 0 Å². The molecule has 0 aliphatic heterocycles. The molecule has 0 N–H and O–H groups in total. The summed E-state index contributed by atoms with van der Waals surface area (Å²) in [5.74, 6) is 0. The quantitative estimate of drug-likeness (QED) is 0.407. The highest BCUT2D eigenvalue weighted by molar-refractivity contribution is 8.01. The van der Waals surface area contributed by atoms with Gasteiger partial charge in [0.05, 0.1) is 4.08 Å². The molecule has 0 unspecified atom stereocenters. The van der Waals surface area contributed by atoms with E-state index in [1.807, 2.05) is 0 Å². The van der Waals surface area contributed by atoms with Crippen LogP contribution in [-0.2, 0) is 0 Å². The Balaban J connectivity index is 3.11. The van der Waals surface area contributed by atoms with Crippen molar-refractivity contribution in [3.8, 4) is 0 Å². The third-order valence-corrected chi connectivity index (χ3v) is 3.47. The van der Waals surface area contributed by atoms with Gasteiger partial charge in [-0.1, -0.05) is 6.08 Å². The van der Waals surface area contributed by atoms with Crippen LogP contribution in [0.25, 0.3) is 0 Å². The molecular weight excluding hydrogens is 160 g/mol. The molecule has 10 heavy (non-hydrogen) atoms. The molecule has 0 aromatic carbocycles. The van der Waals surface area contributed by atoms with Gasteiger partial charge in [-0.05, 0) is 37.5 Å². The Morgan fingerprint density at radius 2 is 1.70 bits per heavy atom. The second kappa shape index (κ2) is 2.35. The van der Waals surface area contributed by atoms with Crippen LogP contribution in [0.3, 0.4) is 0 Å². The Kier molecular flexibility index (Phi) is 1.94. The fourth-order valence-electron chi connectivity index (χ4n) is 1.10. The minimum Gasteiger partial charge on any atom is -0.153 e. The van der Waals surface area contributed by atoms with E-state index in [2.05, 4.69) is 52.1 Å². The fraction of sp³-hybridized carbons (Fsp3) is 0.500. The maximum absolute atomic E-state index is 4.44. The van der Waals surface area contributed by atoms with Crippen LogP contribution in [0, 0.1) is 0 Å². The first-order valence-corrected chi connectivity index (χ1v) is 4.17. The van der Waals surface area contributed by atoms with E-state index in [1.165, 1.54) is 16.7 Å². The summed E-state index contributed by atoms with van der Waals surface area (Å²) >= 11 is 8.87. The summed E-state index contributed by atoms with van der Waals surface area (Å²) in [5, 5.41) is 0. The van der Waals surface area contributed by atoms with Gasteiger partial charge in [0.25, 0.3) is 0 Å². The molecule has 0 aromatic heterocycles. The molecule has 0 fully saturated rings. The lowest BCUT2D eigenvalue weighted by Crippen LogP contribution is -2.12. The van der Waals surface area contributed by atoms with Gasteiger partial charge in [0.1, 0.15) is 0 Å². The average Bonchev–Trinajstić information content (AvgIpc) is 1.97. The van der Waals surface area contributed by atoms with Crippen molar-refractivity contribution in [1.29, 1.82) is 0 Å². The van der Waals surface area contributed by atoms with E-state index in [0.29, 0.717) is 0 Å². The van der Waals surface area contributed by atoms with E-state index < -0.39 is 0 Å². The van der Waals surface area contributed by atoms with Gasteiger partial charge in [0.2, 0.25) is 0 Å². The largest absolute Gasteiger partial charge is 0.153 e. The molecule has 1 aliphatic carbocycles. The highest BCUT2D eigenvalue weighted by Gasteiger charge is 2.30. The molecule has 56 valence electrons. The minimum atomic E-state index is -0.288. The lowest BCUT2D eigenvalue weighted by molar-refractivity contribution is 1.11. The van der Waals surface area contributed by atoms with Crippen molar-refractivity contribution >= 4 is 25.3 Å². The molecule has 0 saturated heterocycles. The molecule has 0 saturated carbocycles. The van der Waals surface area contributed by atoms with E-state index >= 15 is 0 Å². The first-order valence-electron chi connectivity index (χ1n) is 3.27. The zero-order valence-corrected chi connectivity index (χ0v) is 8.26. The van der Waals surface area contributed by atoms with Crippen LogP contribution in [0.4, 0.5) is 0 Å². The topological polar surface area (TPSA) is 0 Å². The molecule has 1 aliphatic rings. The van der Waals surface area contributed by atoms with Crippen molar-refractivity contribution in [2.75, 3.05) is 0 Å². The zero-order valence-electron chi connectivity index (χ0n) is 6.47. The van der Waals surface area contributed by atoms with Gasteiger partial charge < -0.3 is 0 Å². The fourth-order valence-corrected chi connectivity index (χ4v) is 1.59. The molecule has 0 atom stereocenters. The monoisotopic (exact) mass is 172 g/mol. The summed E-state index contributed by atoms with van der Waals surface area (Å²) in [5.41, 5.74) is 3.76. The summed E-state index contributed by atoms with van der Waals surface area (Å²) < 4.78 is -0.288. The van der Waals surface area contributed by atoms with Crippen LogP contribution in [0.15, 0.2) is 22.8 Å². The molecule has 1 rings (SSSR count). The van der Waals surface area contributed by atoms with Gasteiger partial charge in [-0.25, -0.2) is 0 Å². The molecule has 0 aromatic rings. The highest BCUT2D eigenvalue weighted by atomic mass is 32.2. The molecule has 2 heteroatoms. The number of rotatable bonds is 0. The molecule has 0 spiro atoms.